The van der Waals surface area contributed by atoms with Crippen LogP contribution in [0.15, 0.2) is 77.1 Å². The topological polar surface area (TPSA) is 56.5 Å². The highest BCUT2D eigenvalue weighted by molar-refractivity contribution is 7.16. The number of ether oxygens (including phenoxy) is 1. The van der Waals surface area contributed by atoms with Crippen LogP contribution >= 0.6 is 22.7 Å². The van der Waals surface area contributed by atoms with E-state index in [-0.39, 0.29) is 5.91 Å². The number of thiazole rings is 1. The minimum Gasteiger partial charge on any atom is -0.383 e. The van der Waals surface area contributed by atoms with E-state index in [2.05, 4.69) is 4.99 Å². The first kappa shape index (κ1) is 19.8. The van der Waals surface area contributed by atoms with Gasteiger partial charge in [-0.3, -0.25) is 4.79 Å². The van der Waals surface area contributed by atoms with Crippen molar-refractivity contribution in [1.82, 2.24) is 9.55 Å². The van der Waals surface area contributed by atoms with Crippen LogP contribution in [0.3, 0.4) is 0 Å². The summed E-state index contributed by atoms with van der Waals surface area (Å²) in [5.41, 5.74) is 3.19. The van der Waals surface area contributed by atoms with Crippen LogP contribution in [0.4, 0.5) is 0 Å². The van der Waals surface area contributed by atoms with Gasteiger partial charge in [-0.05, 0) is 35.7 Å². The number of nitrogens with zero attached hydrogens (tertiary/aromatic N) is 3. The first-order chi connectivity index (χ1) is 15.2. The number of hydrogen-bond acceptors (Lipinski definition) is 5. The molecule has 0 aliphatic rings. The Hall–Kier alpha value is -3.13. The highest BCUT2D eigenvalue weighted by Gasteiger charge is 2.15. The molecular formula is C24H19N3O2S2. The van der Waals surface area contributed by atoms with Gasteiger partial charge in [0.15, 0.2) is 4.80 Å². The zero-order chi connectivity index (χ0) is 21.2. The highest BCUT2D eigenvalue weighted by Crippen LogP contribution is 2.28. The minimum absolute atomic E-state index is 0.269. The smallest absolute Gasteiger partial charge is 0.280 e. The summed E-state index contributed by atoms with van der Waals surface area (Å²) < 4.78 is 8.41. The molecule has 154 valence electrons. The van der Waals surface area contributed by atoms with Gasteiger partial charge in [0.05, 0.1) is 38.5 Å². The Morgan fingerprint density at radius 2 is 1.94 bits per heavy atom. The molecule has 0 spiro atoms. The van der Waals surface area contributed by atoms with Gasteiger partial charge < -0.3 is 9.30 Å². The molecule has 0 saturated carbocycles. The van der Waals surface area contributed by atoms with Crippen LogP contribution in [0, 0.1) is 0 Å². The summed E-state index contributed by atoms with van der Waals surface area (Å²) in [4.78, 5) is 24.4. The van der Waals surface area contributed by atoms with Crippen LogP contribution in [0.2, 0.25) is 0 Å². The van der Waals surface area contributed by atoms with E-state index >= 15 is 0 Å². The minimum atomic E-state index is -0.269. The molecule has 2 aromatic carbocycles. The number of fused-ring (bicyclic) bond motifs is 2. The van der Waals surface area contributed by atoms with E-state index in [1.807, 2.05) is 76.7 Å². The zero-order valence-electron chi connectivity index (χ0n) is 16.8. The molecule has 3 aromatic heterocycles. The number of amides is 1. The number of pyridine rings is 1. The number of carbonyl (C=O) groups excluding carboxylic acids is 1. The molecule has 0 aliphatic carbocycles. The second-order valence-corrected chi connectivity index (χ2v) is 8.92. The molecule has 31 heavy (non-hydrogen) atoms. The predicted octanol–water partition coefficient (Wildman–Crippen LogP) is 5.37. The molecule has 0 fully saturated rings. The Morgan fingerprint density at radius 1 is 1.10 bits per heavy atom. The number of carbonyl (C=O) groups is 1. The van der Waals surface area contributed by atoms with Gasteiger partial charge in [0.25, 0.3) is 5.91 Å². The van der Waals surface area contributed by atoms with E-state index in [4.69, 9.17) is 9.72 Å². The molecule has 0 saturated heterocycles. The quantitative estimate of drug-likeness (QED) is 0.366. The highest BCUT2D eigenvalue weighted by atomic mass is 32.1. The van der Waals surface area contributed by atoms with Crippen molar-refractivity contribution in [3.8, 4) is 10.6 Å². The molecule has 0 aliphatic heterocycles. The van der Waals surface area contributed by atoms with Crippen molar-refractivity contribution >= 4 is 49.7 Å². The molecule has 0 bridgehead atoms. The van der Waals surface area contributed by atoms with E-state index in [0.717, 1.165) is 31.7 Å². The van der Waals surface area contributed by atoms with Crippen LogP contribution in [-0.2, 0) is 11.3 Å². The van der Waals surface area contributed by atoms with Gasteiger partial charge >= 0.3 is 0 Å². The average molecular weight is 446 g/mol. The van der Waals surface area contributed by atoms with Crippen molar-refractivity contribution in [2.75, 3.05) is 13.7 Å². The third kappa shape index (κ3) is 3.83. The first-order valence-corrected chi connectivity index (χ1v) is 11.5. The fourth-order valence-corrected chi connectivity index (χ4v) is 5.30. The number of rotatable bonds is 5. The Balaban J connectivity index is 1.68. The van der Waals surface area contributed by atoms with Crippen LogP contribution in [0.25, 0.3) is 31.7 Å². The predicted molar refractivity (Wildman–Crippen MR) is 127 cm³/mol. The van der Waals surface area contributed by atoms with Gasteiger partial charge in [-0.15, -0.1) is 11.3 Å². The molecule has 5 rings (SSSR count). The lowest BCUT2D eigenvalue weighted by Gasteiger charge is -2.07. The lowest BCUT2D eigenvalue weighted by atomic mass is 10.1. The molecule has 1 amide bonds. The van der Waals surface area contributed by atoms with Crippen LogP contribution < -0.4 is 4.80 Å². The fourth-order valence-electron chi connectivity index (χ4n) is 3.55. The lowest BCUT2D eigenvalue weighted by molar-refractivity contribution is 0.0999. The molecule has 0 radical (unpaired) electrons. The average Bonchev–Trinajstić information content (AvgIpc) is 3.45. The van der Waals surface area contributed by atoms with Crippen molar-refractivity contribution in [2.24, 2.45) is 4.99 Å². The molecule has 0 atom stereocenters. The van der Waals surface area contributed by atoms with Gasteiger partial charge in [-0.25, -0.2) is 4.98 Å². The third-order valence-electron chi connectivity index (χ3n) is 5.02. The molecule has 3 heterocycles. The Labute approximate surface area is 186 Å². The summed E-state index contributed by atoms with van der Waals surface area (Å²) in [5, 5.41) is 2.81. The Bertz CT molecular complexity index is 1450. The van der Waals surface area contributed by atoms with Gasteiger partial charge in [0, 0.05) is 19.0 Å². The summed E-state index contributed by atoms with van der Waals surface area (Å²) >= 11 is 3.11. The van der Waals surface area contributed by atoms with Gasteiger partial charge in [-0.1, -0.05) is 47.7 Å². The summed E-state index contributed by atoms with van der Waals surface area (Å²) in [6, 6.07) is 21.6. The van der Waals surface area contributed by atoms with Crippen molar-refractivity contribution in [1.29, 1.82) is 0 Å². The van der Waals surface area contributed by atoms with Gasteiger partial charge in [0.2, 0.25) is 0 Å². The zero-order valence-corrected chi connectivity index (χ0v) is 18.5. The van der Waals surface area contributed by atoms with E-state index in [9.17, 15) is 4.79 Å². The van der Waals surface area contributed by atoms with Crippen molar-refractivity contribution in [3.63, 3.8) is 0 Å². The third-order valence-corrected chi connectivity index (χ3v) is 6.98. The van der Waals surface area contributed by atoms with Crippen molar-refractivity contribution in [3.05, 3.63) is 82.5 Å². The number of aromatic nitrogens is 2. The normalized spacial score (nSPS) is 12.1. The van der Waals surface area contributed by atoms with Crippen molar-refractivity contribution in [2.45, 2.75) is 6.54 Å². The van der Waals surface area contributed by atoms with E-state index < -0.39 is 0 Å². The SMILES string of the molecule is COCCn1c(=NC(=O)c2cc(-c3cccs3)nc3ccccc23)sc2ccccc21. The number of benzene rings is 2. The Morgan fingerprint density at radius 3 is 2.77 bits per heavy atom. The monoisotopic (exact) mass is 445 g/mol. The number of thiophene rings is 1. The van der Waals surface area contributed by atoms with Crippen molar-refractivity contribution < 1.29 is 9.53 Å². The van der Waals surface area contributed by atoms with Crippen LogP contribution in [0.5, 0.6) is 0 Å². The van der Waals surface area contributed by atoms with Gasteiger partial charge in [0.1, 0.15) is 0 Å². The fraction of sp³-hybridized carbons (Fsp3) is 0.125. The Kier molecular flexibility index (Phi) is 5.46. The summed E-state index contributed by atoms with van der Waals surface area (Å²) in [6.45, 7) is 1.17. The molecule has 0 unspecified atom stereocenters. The first-order valence-electron chi connectivity index (χ1n) is 9.84. The van der Waals surface area contributed by atoms with E-state index in [0.29, 0.717) is 23.5 Å². The standard InChI is InChI=1S/C24H19N3O2S2/c1-29-13-12-27-20-9-4-5-10-22(20)31-24(27)26-23(28)17-15-19(21-11-6-14-30-21)25-18-8-3-2-7-16(17)18/h2-11,14-15H,12-13H2,1H3. The molecular weight excluding hydrogens is 426 g/mol. The van der Waals surface area contributed by atoms with Gasteiger partial charge in [-0.2, -0.15) is 4.99 Å². The van der Waals surface area contributed by atoms with E-state index in [1.165, 1.54) is 11.3 Å². The number of hydrogen-bond donors (Lipinski definition) is 0. The maximum atomic E-state index is 13.4. The molecule has 5 nitrogen and oxygen atoms in total. The second kappa shape index (κ2) is 8.55. The summed E-state index contributed by atoms with van der Waals surface area (Å²) in [6.07, 6.45) is 0. The summed E-state index contributed by atoms with van der Waals surface area (Å²) in [7, 11) is 1.67. The maximum absolute atomic E-state index is 13.4. The van der Waals surface area contributed by atoms with Crippen LogP contribution in [-0.4, -0.2) is 29.2 Å². The van der Waals surface area contributed by atoms with E-state index in [1.54, 1.807) is 18.4 Å². The lowest BCUT2D eigenvalue weighted by Crippen LogP contribution is -2.19. The molecule has 0 N–H and O–H groups in total. The molecule has 5 aromatic rings. The number of para-hydroxylation sites is 2. The largest absolute Gasteiger partial charge is 0.383 e. The maximum Gasteiger partial charge on any atom is 0.280 e. The number of methoxy groups -OCH3 is 1. The van der Waals surface area contributed by atoms with Crippen LogP contribution in [0.1, 0.15) is 10.4 Å². The molecule has 7 heteroatoms. The summed E-state index contributed by atoms with van der Waals surface area (Å²) in [5.74, 6) is -0.269. The second-order valence-electron chi connectivity index (χ2n) is 6.96.